The van der Waals surface area contributed by atoms with Gasteiger partial charge in [-0.05, 0) is 39.7 Å². The molecule has 0 fully saturated rings. The first-order valence-corrected chi connectivity index (χ1v) is 10.3. The fourth-order valence-corrected chi connectivity index (χ4v) is 3.84. The minimum Gasteiger partial charge on any atom is -0.497 e. The largest absolute Gasteiger partial charge is 0.497 e. The SMILES string of the molecule is COc1ccc(-c2noc(COC(=O)c3c4ccccc4cc4ccccc34)n2)c(OC)c1. The Balaban J connectivity index is 1.42. The molecule has 0 aliphatic rings. The number of nitrogens with zero attached hydrogens (tertiary/aromatic N) is 2. The van der Waals surface area contributed by atoms with Gasteiger partial charge in [0, 0.05) is 6.07 Å². The molecule has 0 saturated carbocycles. The zero-order chi connectivity index (χ0) is 22.8. The van der Waals surface area contributed by atoms with Gasteiger partial charge in [0.05, 0.1) is 25.3 Å². The topological polar surface area (TPSA) is 83.7 Å². The first-order valence-electron chi connectivity index (χ1n) is 10.3. The van der Waals surface area contributed by atoms with Crippen LogP contribution in [0.5, 0.6) is 11.5 Å². The Labute approximate surface area is 189 Å². The normalized spacial score (nSPS) is 11.0. The maximum absolute atomic E-state index is 13.1. The van der Waals surface area contributed by atoms with Crippen molar-refractivity contribution in [1.29, 1.82) is 0 Å². The summed E-state index contributed by atoms with van der Waals surface area (Å²) in [5.41, 5.74) is 1.15. The quantitative estimate of drug-likeness (QED) is 0.258. The predicted molar refractivity (Wildman–Crippen MR) is 123 cm³/mol. The monoisotopic (exact) mass is 440 g/mol. The van der Waals surface area contributed by atoms with E-state index in [9.17, 15) is 4.79 Å². The molecular weight excluding hydrogens is 420 g/mol. The maximum Gasteiger partial charge on any atom is 0.339 e. The van der Waals surface area contributed by atoms with Gasteiger partial charge in [0.25, 0.3) is 5.89 Å². The molecule has 0 saturated heterocycles. The number of aromatic nitrogens is 2. The Morgan fingerprint density at radius 3 is 2.24 bits per heavy atom. The molecular formula is C26H20N2O5. The van der Waals surface area contributed by atoms with Crippen LogP contribution < -0.4 is 9.47 Å². The van der Waals surface area contributed by atoms with Gasteiger partial charge in [-0.2, -0.15) is 4.98 Å². The van der Waals surface area contributed by atoms with Gasteiger partial charge in [-0.25, -0.2) is 4.79 Å². The van der Waals surface area contributed by atoms with Crippen LogP contribution in [-0.4, -0.2) is 30.3 Å². The zero-order valence-electron chi connectivity index (χ0n) is 18.1. The number of carbonyl (C=O) groups excluding carboxylic acids is 1. The maximum atomic E-state index is 13.1. The van der Waals surface area contributed by atoms with Crippen LogP contribution in [0.2, 0.25) is 0 Å². The Bertz CT molecular complexity index is 1420. The molecule has 5 rings (SSSR count). The van der Waals surface area contributed by atoms with Crippen molar-refractivity contribution in [2.75, 3.05) is 14.2 Å². The smallest absolute Gasteiger partial charge is 0.339 e. The van der Waals surface area contributed by atoms with Crippen LogP contribution in [0.3, 0.4) is 0 Å². The van der Waals surface area contributed by atoms with E-state index in [0.717, 1.165) is 21.5 Å². The molecule has 7 heteroatoms. The highest BCUT2D eigenvalue weighted by Gasteiger charge is 2.19. The molecule has 0 radical (unpaired) electrons. The lowest BCUT2D eigenvalue weighted by molar-refractivity contribution is 0.0434. The number of hydrogen-bond acceptors (Lipinski definition) is 7. The summed E-state index contributed by atoms with van der Waals surface area (Å²) in [4.78, 5) is 17.5. The van der Waals surface area contributed by atoms with Crippen molar-refractivity contribution in [3.8, 4) is 22.9 Å². The number of carbonyl (C=O) groups is 1. The molecule has 0 aliphatic heterocycles. The van der Waals surface area contributed by atoms with E-state index in [0.29, 0.717) is 28.5 Å². The van der Waals surface area contributed by atoms with Gasteiger partial charge >= 0.3 is 5.97 Å². The molecule has 0 N–H and O–H groups in total. The molecule has 0 unspecified atom stereocenters. The van der Waals surface area contributed by atoms with E-state index in [4.69, 9.17) is 18.7 Å². The summed E-state index contributed by atoms with van der Waals surface area (Å²) >= 11 is 0. The minimum absolute atomic E-state index is 0.151. The van der Waals surface area contributed by atoms with E-state index in [-0.39, 0.29) is 12.5 Å². The van der Waals surface area contributed by atoms with Crippen molar-refractivity contribution in [1.82, 2.24) is 10.1 Å². The summed E-state index contributed by atoms with van der Waals surface area (Å²) < 4.78 is 21.5. The van der Waals surface area contributed by atoms with Crippen LogP contribution in [0.15, 0.2) is 77.3 Å². The van der Waals surface area contributed by atoms with Crippen LogP contribution in [0.4, 0.5) is 0 Å². The molecule has 0 amide bonds. The van der Waals surface area contributed by atoms with Crippen molar-refractivity contribution in [3.63, 3.8) is 0 Å². The molecule has 0 atom stereocenters. The molecule has 0 aliphatic carbocycles. The van der Waals surface area contributed by atoms with Crippen LogP contribution in [0.1, 0.15) is 16.2 Å². The van der Waals surface area contributed by atoms with Gasteiger partial charge in [0.2, 0.25) is 5.82 Å². The summed E-state index contributed by atoms with van der Waals surface area (Å²) in [6, 6.07) is 22.8. The number of methoxy groups -OCH3 is 2. The molecule has 4 aromatic carbocycles. The average Bonchev–Trinajstić information content (AvgIpc) is 3.34. The van der Waals surface area contributed by atoms with E-state index in [1.807, 2.05) is 48.5 Å². The van der Waals surface area contributed by atoms with Crippen LogP contribution >= 0.6 is 0 Å². The van der Waals surface area contributed by atoms with E-state index < -0.39 is 5.97 Å². The van der Waals surface area contributed by atoms with Gasteiger partial charge in [-0.3, -0.25) is 0 Å². The van der Waals surface area contributed by atoms with E-state index in [1.165, 1.54) is 0 Å². The number of benzene rings is 4. The Hall–Kier alpha value is -4.39. The second-order valence-corrected chi connectivity index (χ2v) is 7.35. The lowest BCUT2D eigenvalue weighted by Gasteiger charge is -2.10. The fourth-order valence-electron chi connectivity index (χ4n) is 3.84. The zero-order valence-corrected chi connectivity index (χ0v) is 18.1. The van der Waals surface area contributed by atoms with Crippen molar-refractivity contribution >= 4 is 27.5 Å². The molecule has 7 nitrogen and oxygen atoms in total. The molecule has 0 bridgehead atoms. The Morgan fingerprint density at radius 1 is 0.879 bits per heavy atom. The first-order chi connectivity index (χ1) is 16.2. The molecule has 1 aromatic heterocycles. The van der Waals surface area contributed by atoms with Gasteiger partial charge in [0.15, 0.2) is 6.61 Å². The molecule has 1 heterocycles. The average molecular weight is 440 g/mol. The lowest BCUT2D eigenvalue weighted by atomic mass is 9.97. The Kier molecular flexibility index (Phi) is 5.36. The molecule has 164 valence electrons. The standard InChI is InChI=1S/C26H20N2O5/c1-30-18-11-12-21(22(14-18)31-2)25-27-23(33-28-25)15-32-26(29)24-19-9-5-3-7-16(19)13-17-8-4-6-10-20(17)24/h3-14H,15H2,1-2H3. The third kappa shape index (κ3) is 3.85. The van der Waals surface area contributed by atoms with Gasteiger partial charge < -0.3 is 18.7 Å². The molecule has 33 heavy (non-hydrogen) atoms. The van der Waals surface area contributed by atoms with Gasteiger partial charge in [-0.15, -0.1) is 0 Å². The van der Waals surface area contributed by atoms with E-state index >= 15 is 0 Å². The summed E-state index contributed by atoms with van der Waals surface area (Å²) in [6.07, 6.45) is 0. The highest BCUT2D eigenvalue weighted by atomic mass is 16.6. The van der Waals surface area contributed by atoms with Crippen molar-refractivity contribution in [3.05, 3.63) is 84.3 Å². The highest BCUT2D eigenvalue weighted by molar-refractivity contribution is 6.16. The van der Waals surface area contributed by atoms with Gasteiger partial charge in [0.1, 0.15) is 11.5 Å². The number of hydrogen-bond donors (Lipinski definition) is 0. The van der Waals surface area contributed by atoms with Crippen molar-refractivity contribution in [2.45, 2.75) is 6.61 Å². The first kappa shape index (κ1) is 20.5. The fraction of sp³-hybridized carbons (Fsp3) is 0.115. The Morgan fingerprint density at radius 2 is 1.58 bits per heavy atom. The minimum atomic E-state index is -0.454. The predicted octanol–water partition coefficient (Wildman–Crippen LogP) is 5.42. The number of rotatable bonds is 6. The molecule has 0 spiro atoms. The summed E-state index contributed by atoms with van der Waals surface area (Å²) in [5, 5.41) is 7.60. The highest BCUT2D eigenvalue weighted by Crippen LogP contribution is 2.32. The van der Waals surface area contributed by atoms with E-state index in [2.05, 4.69) is 16.2 Å². The van der Waals surface area contributed by atoms with Crippen molar-refractivity contribution in [2.24, 2.45) is 0 Å². The summed E-state index contributed by atoms with van der Waals surface area (Å²) in [6.45, 7) is -0.151. The van der Waals surface area contributed by atoms with Gasteiger partial charge in [-0.1, -0.05) is 53.7 Å². The molecule has 5 aromatic rings. The van der Waals surface area contributed by atoms with Crippen LogP contribution in [0.25, 0.3) is 32.9 Å². The van der Waals surface area contributed by atoms with Crippen LogP contribution in [0, 0.1) is 0 Å². The third-order valence-corrected chi connectivity index (χ3v) is 5.42. The number of esters is 1. The second-order valence-electron chi connectivity index (χ2n) is 7.35. The van der Waals surface area contributed by atoms with Crippen LogP contribution in [-0.2, 0) is 11.3 Å². The number of fused-ring (bicyclic) bond motifs is 2. The summed E-state index contributed by atoms with van der Waals surface area (Å²) in [7, 11) is 3.13. The third-order valence-electron chi connectivity index (χ3n) is 5.42. The second kappa shape index (κ2) is 8.63. The lowest BCUT2D eigenvalue weighted by Crippen LogP contribution is -2.07. The van der Waals surface area contributed by atoms with E-state index in [1.54, 1.807) is 32.4 Å². The summed E-state index contributed by atoms with van der Waals surface area (Å²) in [5.74, 6) is 1.25. The van der Waals surface area contributed by atoms with Crippen molar-refractivity contribution < 1.29 is 23.5 Å². The number of ether oxygens (including phenoxy) is 3.